The van der Waals surface area contributed by atoms with E-state index in [0.29, 0.717) is 12.2 Å². The largest absolute Gasteiger partial charge is 0.469 e. The molecule has 1 N–H and O–H groups in total. The van der Waals surface area contributed by atoms with Crippen LogP contribution >= 0.6 is 0 Å². The van der Waals surface area contributed by atoms with Crippen LogP contribution in [0.1, 0.15) is 29.4 Å². The van der Waals surface area contributed by atoms with Crippen molar-refractivity contribution in [2.24, 2.45) is 0 Å². The Morgan fingerprint density at radius 3 is 2.59 bits per heavy atom. The molecule has 1 atom stereocenters. The Labute approximate surface area is 129 Å². The summed E-state index contributed by atoms with van der Waals surface area (Å²) in [6.45, 7) is 2.40. The average Bonchev–Trinajstić information content (AvgIpc) is 2.96. The number of esters is 1. The fraction of sp³-hybridized carbons (Fsp3) is 0.294. The third kappa shape index (κ3) is 4.22. The number of ether oxygens (including phenoxy) is 1. The van der Waals surface area contributed by atoms with Gasteiger partial charge < -0.3 is 14.6 Å². The Morgan fingerprint density at radius 2 is 1.91 bits per heavy atom. The molecule has 0 saturated heterocycles. The number of hydrogen-bond donors (Lipinski definition) is 1. The summed E-state index contributed by atoms with van der Waals surface area (Å²) in [5.74, 6) is -0.537. The lowest BCUT2D eigenvalue weighted by Crippen LogP contribution is -2.35. The van der Waals surface area contributed by atoms with E-state index in [0.717, 1.165) is 5.56 Å². The third-order valence-electron chi connectivity index (χ3n) is 3.34. The quantitative estimate of drug-likeness (QED) is 0.832. The van der Waals surface area contributed by atoms with Crippen molar-refractivity contribution in [2.45, 2.75) is 25.9 Å². The Balaban J connectivity index is 2.02. The summed E-state index contributed by atoms with van der Waals surface area (Å²) in [5, 5.41) is 2.81. The van der Waals surface area contributed by atoms with E-state index in [1.165, 1.54) is 7.11 Å². The molecule has 22 heavy (non-hydrogen) atoms. The molecule has 0 saturated carbocycles. The number of carbonyl (C=O) groups excluding carboxylic acids is 2. The summed E-state index contributed by atoms with van der Waals surface area (Å²) in [6, 6.07) is 13.3. The van der Waals surface area contributed by atoms with E-state index in [-0.39, 0.29) is 24.3 Å². The molecule has 2 aromatic rings. The van der Waals surface area contributed by atoms with Gasteiger partial charge in [0.1, 0.15) is 5.69 Å². The van der Waals surface area contributed by atoms with Crippen LogP contribution in [0.4, 0.5) is 0 Å². The average molecular weight is 300 g/mol. The van der Waals surface area contributed by atoms with Crippen LogP contribution in [-0.4, -0.2) is 29.6 Å². The van der Waals surface area contributed by atoms with E-state index >= 15 is 0 Å². The maximum atomic E-state index is 12.3. The molecule has 1 aromatic carbocycles. The normalized spacial score (nSPS) is 11.7. The van der Waals surface area contributed by atoms with Crippen molar-refractivity contribution < 1.29 is 14.3 Å². The Kier molecular flexibility index (Phi) is 5.36. The molecule has 0 aliphatic heterocycles. The second-order valence-electron chi connectivity index (χ2n) is 5.16. The molecule has 0 bridgehead atoms. The monoisotopic (exact) mass is 300 g/mol. The lowest BCUT2D eigenvalue weighted by atomic mass is 10.2. The van der Waals surface area contributed by atoms with E-state index in [9.17, 15) is 9.59 Å². The molecule has 0 spiro atoms. The van der Waals surface area contributed by atoms with Gasteiger partial charge >= 0.3 is 5.97 Å². The number of nitrogens with one attached hydrogen (secondary N) is 1. The Hall–Kier alpha value is -2.56. The smallest absolute Gasteiger partial charge is 0.307 e. The zero-order chi connectivity index (χ0) is 15.9. The number of hydrogen-bond acceptors (Lipinski definition) is 3. The summed E-state index contributed by atoms with van der Waals surface area (Å²) in [5.41, 5.74) is 1.69. The zero-order valence-corrected chi connectivity index (χ0v) is 12.8. The molecule has 0 fully saturated rings. The number of methoxy groups -OCH3 is 1. The van der Waals surface area contributed by atoms with Gasteiger partial charge in [-0.2, -0.15) is 0 Å². The fourth-order valence-corrected chi connectivity index (χ4v) is 2.22. The van der Waals surface area contributed by atoms with Crippen LogP contribution in [0.25, 0.3) is 0 Å². The summed E-state index contributed by atoms with van der Waals surface area (Å²) in [6.07, 6.45) is 2.02. The van der Waals surface area contributed by atoms with E-state index in [1.807, 2.05) is 47.2 Å². The van der Waals surface area contributed by atoms with Crippen LogP contribution in [-0.2, 0) is 16.1 Å². The minimum atomic E-state index is -0.340. The van der Waals surface area contributed by atoms with Crippen LogP contribution in [0, 0.1) is 0 Å². The predicted molar refractivity (Wildman–Crippen MR) is 83.5 cm³/mol. The number of aromatic nitrogens is 1. The van der Waals surface area contributed by atoms with Gasteiger partial charge in [0.2, 0.25) is 0 Å². The number of nitrogens with zero attached hydrogens (tertiary/aromatic N) is 1. The topological polar surface area (TPSA) is 60.3 Å². The van der Waals surface area contributed by atoms with Gasteiger partial charge in [-0.25, -0.2) is 0 Å². The van der Waals surface area contributed by atoms with Gasteiger partial charge in [0.15, 0.2) is 0 Å². The SMILES string of the molecule is COC(=O)CC(C)NC(=O)c1cccn1Cc1ccccc1. The third-order valence-corrected chi connectivity index (χ3v) is 3.34. The maximum absolute atomic E-state index is 12.3. The maximum Gasteiger partial charge on any atom is 0.307 e. The number of rotatable bonds is 6. The second kappa shape index (κ2) is 7.45. The highest BCUT2D eigenvalue weighted by atomic mass is 16.5. The second-order valence-corrected chi connectivity index (χ2v) is 5.16. The lowest BCUT2D eigenvalue weighted by molar-refractivity contribution is -0.141. The van der Waals surface area contributed by atoms with Gasteiger partial charge in [0, 0.05) is 18.8 Å². The minimum absolute atomic E-state index is 0.154. The van der Waals surface area contributed by atoms with Crippen molar-refractivity contribution >= 4 is 11.9 Å². The predicted octanol–water partition coefficient (Wildman–Crippen LogP) is 2.22. The molecular weight excluding hydrogens is 280 g/mol. The van der Waals surface area contributed by atoms with Crippen molar-refractivity contribution in [1.29, 1.82) is 0 Å². The molecule has 1 heterocycles. The summed E-state index contributed by atoms with van der Waals surface area (Å²) < 4.78 is 6.48. The van der Waals surface area contributed by atoms with Crippen molar-refractivity contribution in [3.05, 3.63) is 59.9 Å². The highest BCUT2D eigenvalue weighted by Crippen LogP contribution is 2.08. The number of benzene rings is 1. The molecule has 1 aromatic heterocycles. The molecule has 5 nitrogen and oxygen atoms in total. The first kappa shape index (κ1) is 15.8. The summed E-state index contributed by atoms with van der Waals surface area (Å²) >= 11 is 0. The van der Waals surface area contributed by atoms with Crippen molar-refractivity contribution in [1.82, 2.24) is 9.88 Å². The first-order valence-electron chi connectivity index (χ1n) is 7.17. The lowest BCUT2D eigenvalue weighted by Gasteiger charge is -2.14. The molecule has 0 aliphatic carbocycles. The van der Waals surface area contributed by atoms with Gasteiger partial charge in [-0.1, -0.05) is 30.3 Å². The fourth-order valence-electron chi connectivity index (χ4n) is 2.22. The minimum Gasteiger partial charge on any atom is -0.469 e. The van der Waals surface area contributed by atoms with E-state index < -0.39 is 0 Å². The summed E-state index contributed by atoms with van der Waals surface area (Å²) in [7, 11) is 1.34. The van der Waals surface area contributed by atoms with Crippen molar-refractivity contribution in [3.8, 4) is 0 Å². The summed E-state index contributed by atoms with van der Waals surface area (Å²) in [4.78, 5) is 23.5. The van der Waals surface area contributed by atoms with Gasteiger partial charge in [-0.3, -0.25) is 9.59 Å². The zero-order valence-electron chi connectivity index (χ0n) is 12.8. The molecule has 1 amide bonds. The first-order chi connectivity index (χ1) is 10.6. The van der Waals surface area contributed by atoms with E-state index in [4.69, 9.17) is 0 Å². The number of amides is 1. The van der Waals surface area contributed by atoms with Crippen LogP contribution in [0.3, 0.4) is 0 Å². The van der Waals surface area contributed by atoms with Gasteiger partial charge in [-0.15, -0.1) is 0 Å². The first-order valence-corrected chi connectivity index (χ1v) is 7.17. The van der Waals surface area contributed by atoms with Crippen LogP contribution in [0.2, 0.25) is 0 Å². The molecule has 0 radical (unpaired) electrons. The van der Waals surface area contributed by atoms with Crippen LogP contribution < -0.4 is 5.32 Å². The van der Waals surface area contributed by atoms with Crippen molar-refractivity contribution in [3.63, 3.8) is 0 Å². The molecule has 0 aliphatic rings. The highest BCUT2D eigenvalue weighted by molar-refractivity contribution is 5.93. The number of carbonyl (C=O) groups is 2. The van der Waals surface area contributed by atoms with Crippen LogP contribution in [0.5, 0.6) is 0 Å². The van der Waals surface area contributed by atoms with Gasteiger partial charge in [-0.05, 0) is 24.6 Å². The standard InChI is InChI=1S/C17H20N2O3/c1-13(11-16(20)22-2)18-17(21)15-9-6-10-19(15)12-14-7-4-3-5-8-14/h3-10,13H,11-12H2,1-2H3,(H,18,21). The Morgan fingerprint density at radius 1 is 1.18 bits per heavy atom. The van der Waals surface area contributed by atoms with E-state index in [1.54, 1.807) is 13.0 Å². The van der Waals surface area contributed by atoms with Gasteiger partial charge in [0.05, 0.1) is 13.5 Å². The van der Waals surface area contributed by atoms with E-state index in [2.05, 4.69) is 10.1 Å². The Bertz CT molecular complexity index is 634. The molecule has 2 rings (SSSR count). The highest BCUT2D eigenvalue weighted by Gasteiger charge is 2.16. The van der Waals surface area contributed by atoms with Crippen molar-refractivity contribution in [2.75, 3.05) is 7.11 Å². The molecule has 1 unspecified atom stereocenters. The molecule has 116 valence electrons. The molecular formula is C17H20N2O3. The van der Waals surface area contributed by atoms with Gasteiger partial charge in [0.25, 0.3) is 5.91 Å². The molecule has 5 heteroatoms. The van der Waals surface area contributed by atoms with Crippen LogP contribution in [0.15, 0.2) is 48.7 Å².